The molecule has 1 aliphatic rings. The van der Waals surface area contributed by atoms with Gasteiger partial charge in [0.15, 0.2) is 6.23 Å². The Morgan fingerprint density at radius 2 is 2.15 bits per heavy atom. The molecule has 3 rings (SSSR count). The standard InChI is InChI=1S/C12H16N5O8P/c13-8-1-3-17(12(20)15-8)11-10(19)9(18)7(24-11)5-23-26(21,22)25-16-4-2-14-6-16/h1-4,6-7,9-11,18-19H,5H2,(H,21,22)(H2,13,15,20)/p-1/t7-,9-,10-,11-/m1/s1. The summed E-state index contributed by atoms with van der Waals surface area (Å²) >= 11 is 0. The highest BCUT2D eigenvalue weighted by Gasteiger charge is 2.44. The molecule has 3 heterocycles. The molecule has 0 spiro atoms. The molecule has 26 heavy (non-hydrogen) atoms. The molecule has 0 radical (unpaired) electrons. The van der Waals surface area contributed by atoms with Gasteiger partial charge in [0, 0.05) is 12.4 Å². The van der Waals surface area contributed by atoms with Crippen molar-refractivity contribution in [2.24, 2.45) is 0 Å². The number of phosphoric acid groups is 1. The van der Waals surface area contributed by atoms with Gasteiger partial charge in [0.05, 0.1) is 18.8 Å². The van der Waals surface area contributed by atoms with E-state index in [4.69, 9.17) is 14.7 Å². The predicted octanol–water partition coefficient (Wildman–Crippen LogP) is -2.50. The van der Waals surface area contributed by atoms with Crippen LogP contribution in [0.3, 0.4) is 0 Å². The molecule has 4 N–H and O–H groups in total. The van der Waals surface area contributed by atoms with Gasteiger partial charge in [-0.2, -0.15) is 4.73 Å². The molecule has 142 valence electrons. The highest BCUT2D eigenvalue weighted by molar-refractivity contribution is 7.47. The first-order valence-corrected chi connectivity index (χ1v) is 8.74. The molecule has 1 saturated heterocycles. The zero-order valence-corrected chi connectivity index (χ0v) is 13.9. The van der Waals surface area contributed by atoms with E-state index in [2.05, 4.69) is 14.6 Å². The molecule has 0 aromatic carbocycles. The van der Waals surface area contributed by atoms with Gasteiger partial charge < -0.3 is 29.2 Å². The van der Waals surface area contributed by atoms with Crippen LogP contribution in [0.1, 0.15) is 6.23 Å². The van der Waals surface area contributed by atoms with E-state index >= 15 is 0 Å². The second kappa shape index (κ2) is 7.15. The Bertz CT molecular complexity index is 858. The third-order valence-corrected chi connectivity index (χ3v) is 4.39. The van der Waals surface area contributed by atoms with Gasteiger partial charge in [-0.25, -0.2) is 14.5 Å². The molecule has 0 amide bonds. The van der Waals surface area contributed by atoms with E-state index in [9.17, 15) is 24.8 Å². The maximum absolute atomic E-state index is 11.8. The Kier molecular flexibility index (Phi) is 5.09. The lowest BCUT2D eigenvalue weighted by Gasteiger charge is -2.23. The van der Waals surface area contributed by atoms with Crippen LogP contribution in [0.2, 0.25) is 0 Å². The molecule has 0 aliphatic carbocycles. The Balaban J connectivity index is 1.66. The summed E-state index contributed by atoms with van der Waals surface area (Å²) in [5.41, 5.74) is -0.267. The predicted molar refractivity (Wildman–Crippen MR) is 78.0 cm³/mol. The number of nitrogens with one attached hydrogen (secondary N) is 1. The second-order valence-corrected chi connectivity index (χ2v) is 6.68. The van der Waals surface area contributed by atoms with Gasteiger partial charge in [-0.1, -0.05) is 0 Å². The Morgan fingerprint density at radius 3 is 2.81 bits per heavy atom. The molecule has 14 heteroatoms. The minimum Gasteiger partial charge on any atom is -0.846 e. The van der Waals surface area contributed by atoms with Crippen LogP contribution in [-0.4, -0.2) is 59.3 Å². The average molecular weight is 388 g/mol. The summed E-state index contributed by atoms with van der Waals surface area (Å²) in [6.07, 6.45) is -0.649. The summed E-state index contributed by atoms with van der Waals surface area (Å²) in [7, 11) is -4.54. The Labute approximate surface area is 145 Å². The number of aliphatic hydroxyl groups is 2. The number of ether oxygens (including phenoxy) is 1. The van der Waals surface area contributed by atoms with Gasteiger partial charge in [0.1, 0.15) is 30.1 Å². The topological polar surface area (TPSA) is 188 Å². The number of imidazole rings is 1. The van der Waals surface area contributed by atoms with Gasteiger partial charge in [0.2, 0.25) is 0 Å². The minimum atomic E-state index is -4.54. The van der Waals surface area contributed by atoms with E-state index in [1.165, 1.54) is 24.7 Å². The van der Waals surface area contributed by atoms with E-state index in [1.807, 2.05) is 0 Å². The number of aliphatic hydroxyl groups excluding tert-OH is 2. The van der Waals surface area contributed by atoms with E-state index < -0.39 is 45.0 Å². The molecule has 5 atom stereocenters. The quantitative estimate of drug-likeness (QED) is 0.385. The fourth-order valence-electron chi connectivity index (χ4n) is 2.31. The lowest BCUT2D eigenvalue weighted by atomic mass is 10.1. The molecule has 2 aromatic heterocycles. The van der Waals surface area contributed by atoms with Gasteiger partial charge in [0.25, 0.3) is 0 Å². The Morgan fingerprint density at radius 1 is 1.38 bits per heavy atom. The summed E-state index contributed by atoms with van der Waals surface area (Å²) in [6, 6.07) is 0.348. The van der Waals surface area contributed by atoms with Crippen LogP contribution in [0.25, 0.3) is 0 Å². The van der Waals surface area contributed by atoms with E-state index in [-0.39, 0.29) is 5.49 Å². The number of phosphoric ester groups is 1. The molecule has 1 unspecified atom stereocenters. The van der Waals surface area contributed by atoms with E-state index in [1.54, 1.807) is 0 Å². The molecule has 0 saturated carbocycles. The lowest BCUT2D eigenvalue weighted by Crippen LogP contribution is -2.34. The highest BCUT2D eigenvalue weighted by Crippen LogP contribution is 2.41. The van der Waals surface area contributed by atoms with Crippen molar-refractivity contribution in [3.63, 3.8) is 0 Å². The van der Waals surface area contributed by atoms with E-state index in [0.29, 0.717) is 0 Å². The van der Waals surface area contributed by atoms with Crippen molar-refractivity contribution in [2.45, 2.75) is 24.5 Å². The molecule has 0 bridgehead atoms. The van der Waals surface area contributed by atoms with E-state index in [0.717, 1.165) is 15.6 Å². The molecular weight excluding hydrogens is 373 g/mol. The van der Waals surface area contributed by atoms with Gasteiger partial charge in [-0.3, -0.25) is 14.8 Å². The van der Waals surface area contributed by atoms with Crippen molar-refractivity contribution < 1.29 is 38.7 Å². The maximum Gasteiger partial charge on any atom is 0.546 e. The first kappa shape index (κ1) is 18.5. The van der Waals surface area contributed by atoms with Gasteiger partial charge in [-0.05, 0) is 6.07 Å². The lowest BCUT2D eigenvalue weighted by molar-refractivity contribution is -0.292. The highest BCUT2D eigenvalue weighted by atomic mass is 31.2. The van der Waals surface area contributed by atoms with Crippen molar-refractivity contribution in [1.82, 2.24) is 19.3 Å². The minimum absolute atomic E-state index is 0.267. The fourth-order valence-corrected chi connectivity index (χ4v) is 3.03. The van der Waals surface area contributed by atoms with Crippen molar-refractivity contribution in [3.8, 4) is 6.01 Å². The number of hydrogen-bond donors (Lipinski definition) is 4. The van der Waals surface area contributed by atoms with Crippen molar-refractivity contribution in [1.29, 1.82) is 5.41 Å². The SMILES string of the molecule is N=c1ccn([C@@H]2O[C@H](COP(=O)(O)On3ccnc3)[C@@H](O)[C@H]2O)c([O-])n1. The third-order valence-electron chi connectivity index (χ3n) is 3.52. The van der Waals surface area contributed by atoms with Crippen LogP contribution in [-0.2, 0) is 13.8 Å². The van der Waals surface area contributed by atoms with Crippen molar-refractivity contribution in [3.05, 3.63) is 36.5 Å². The Hall–Kier alpha value is -2.28. The maximum atomic E-state index is 11.8. The number of nitrogens with zero attached hydrogens (tertiary/aromatic N) is 4. The smallest absolute Gasteiger partial charge is 0.546 e. The van der Waals surface area contributed by atoms with Crippen molar-refractivity contribution >= 4 is 7.82 Å². The van der Waals surface area contributed by atoms with Gasteiger partial charge >= 0.3 is 7.82 Å². The summed E-state index contributed by atoms with van der Waals surface area (Å²) in [6.45, 7) is -0.601. The summed E-state index contributed by atoms with van der Waals surface area (Å²) in [5.74, 6) is 0. The third kappa shape index (κ3) is 3.93. The largest absolute Gasteiger partial charge is 0.846 e. The van der Waals surface area contributed by atoms with Crippen LogP contribution in [0, 0.1) is 5.41 Å². The summed E-state index contributed by atoms with van der Waals surface area (Å²) < 4.78 is 28.4. The van der Waals surface area contributed by atoms with Gasteiger partial charge in [-0.15, -0.1) is 0 Å². The van der Waals surface area contributed by atoms with Crippen LogP contribution in [0.15, 0.2) is 31.0 Å². The second-order valence-electron chi connectivity index (χ2n) is 5.32. The zero-order valence-electron chi connectivity index (χ0n) is 13.0. The molecule has 2 aromatic rings. The van der Waals surface area contributed by atoms with Crippen molar-refractivity contribution in [2.75, 3.05) is 6.61 Å². The number of rotatable bonds is 6. The molecule has 1 fully saturated rings. The number of hydrogen-bond acceptors (Lipinski definition) is 10. The molecule has 13 nitrogen and oxygen atoms in total. The summed E-state index contributed by atoms with van der Waals surface area (Å²) in [5, 5.41) is 39.2. The summed E-state index contributed by atoms with van der Waals surface area (Å²) in [4.78, 5) is 16.6. The first-order valence-electron chi connectivity index (χ1n) is 7.24. The van der Waals surface area contributed by atoms with Crippen LogP contribution < -0.4 is 15.2 Å². The average Bonchev–Trinajstić information content (AvgIpc) is 3.16. The normalized spacial score (nSPS) is 28.0. The monoisotopic (exact) mass is 388 g/mol. The first-order chi connectivity index (χ1) is 12.3. The number of aromatic nitrogens is 4. The van der Waals surface area contributed by atoms with Crippen LogP contribution in [0.5, 0.6) is 6.01 Å². The molecule has 1 aliphatic heterocycles. The van der Waals surface area contributed by atoms with Crippen LogP contribution >= 0.6 is 7.82 Å². The molecular formula is C12H15N5O8P-. The van der Waals surface area contributed by atoms with Crippen LogP contribution in [0.4, 0.5) is 0 Å². The fraction of sp³-hybridized carbons (Fsp3) is 0.417. The zero-order chi connectivity index (χ0) is 18.9.